The molecule has 0 bridgehead atoms. The molecule has 1 aliphatic carbocycles. The minimum absolute atomic E-state index is 0.0987. The number of hydrogen-bond donors (Lipinski definition) is 0. The van der Waals surface area contributed by atoms with Crippen LogP contribution in [0.3, 0.4) is 0 Å². The van der Waals surface area contributed by atoms with Crippen LogP contribution in [0.2, 0.25) is 0 Å². The Morgan fingerprint density at radius 1 is 1.16 bits per heavy atom. The smallest absolute Gasteiger partial charge is 0.196 e. The lowest BCUT2D eigenvalue weighted by molar-refractivity contribution is 0.0896. The first-order valence-corrected chi connectivity index (χ1v) is 5.86. The Hall–Kier alpha value is -1.36. The Kier molecular flexibility index (Phi) is 3.67. The van der Waals surface area contributed by atoms with Crippen molar-refractivity contribution in [1.29, 1.82) is 0 Å². The van der Waals surface area contributed by atoms with Crippen molar-refractivity contribution in [2.45, 2.75) is 17.7 Å². The number of alkyl halides is 3. The van der Waals surface area contributed by atoms with Crippen LogP contribution in [0.4, 0.5) is 22.0 Å². The maximum Gasteiger partial charge on any atom is 0.196 e. The molecule has 6 heteroatoms. The number of hydrogen-bond acceptors (Lipinski definition) is 0. The van der Waals surface area contributed by atoms with Crippen LogP contribution < -0.4 is 0 Å². The lowest BCUT2D eigenvalue weighted by Crippen LogP contribution is -2.35. The predicted octanol–water partition coefficient (Wildman–Crippen LogP) is 4.95. The van der Waals surface area contributed by atoms with Gasteiger partial charge < -0.3 is 0 Å². The van der Waals surface area contributed by atoms with Crippen LogP contribution in [0.5, 0.6) is 0 Å². The molecule has 2 rings (SSSR count). The average molecular weight is 295 g/mol. The van der Waals surface area contributed by atoms with E-state index in [0.717, 1.165) is 6.07 Å². The molecular formula is C13H8ClF5. The van der Waals surface area contributed by atoms with Gasteiger partial charge in [0.25, 0.3) is 0 Å². The van der Waals surface area contributed by atoms with Gasteiger partial charge in [0.2, 0.25) is 0 Å². The Morgan fingerprint density at radius 2 is 1.79 bits per heavy atom. The van der Waals surface area contributed by atoms with Gasteiger partial charge in [-0.2, -0.15) is 0 Å². The highest BCUT2D eigenvalue weighted by atomic mass is 35.5. The molecule has 2 atom stereocenters. The maximum absolute atomic E-state index is 14.6. The van der Waals surface area contributed by atoms with E-state index in [9.17, 15) is 22.0 Å². The lowest BCUT2D eigenvalue weighted by Gasteiger charge is -2.29. The molecule has 102 valence electrons. The third-order valence-electron chi connectivity index (χ3n) is 2.92. The zero-order valence-electron chi connectivity index (χ0n) is 9.44. The van der Waals surface area contributed by atoms with Gasteiger partial charge in [0, 0.05) is 11.4 Å². The van der Waals surface area contributed by atoms with Gasteiger partial charge in [0.15, 0.2) is 29.3 Å². The van der Waals surface area contributed by atoms with Gasteiger partial charge in [-0.25, -0.2) is 22.0 Å². The number of benzene rings is 1. The van der Waals surface area contributed by atoms with Crippen molar-refractivity contribution in [3.63, 3.8) is 0 Å². The van der Waals surface area contributed by atoms with Crippen LogP contribution in [0.1, 0.15) is 11.1 Å². The van der Waals surface area contributed by atoms with E-state index in [4.69, 9.17) is 11.6 Å². The fourth-order valence-electron chi connectivity index (χ4n) is 1.96. The van der Waals surface area contributed by atoms with Gasteiger partial charge in [-0.3, -0.25) is 0 Å². The van der Waals surface area contributed by atoms with Gasteiger partial charge in [-0.15, -0.1) is 11.6 Å². The molecule has 0 amide bonds. The summed E-state index contributed by atoms with van der Waals surface area (Å²) in [7, 11) is 0. The Bertz CT molecular complexity index is 566. The molecule has 0 saturated carbocycles. The van der Waals surface area contributed by atoms with Crippen LogP contribution >= 0.6 is 11.6 Å². The van der Waals surface area contributed by atoms with Crippen molar-refractivity contribution in [2.24, 2.45) is 0 Å². The van der Waals surface area contributed by atoms with E-state index in [0.29, 0.717) is 0 Å². The van der Waals surface area contributed by atoms with E-state index in [2.05, 4.69) is 0 Å². The molecule has 1 aromatic rings. The molecule has 1 aliphatic rings. The summed E-state index contributed by atoms with van der Waals surface area (Å²) in [5.74, 6) is -6.04. The first-order valence-electron chi connectivity index (χ1n) is 5.33. The Balaban J connectivity index is 2.61. The Morgan fingerprint density at radius 3 is 2.42 bits per heavy atom. The minimum atomic E-state index is -3.12. The van der Waals surface area contributed by atoms with Gasteiger partial charge in [-0.05, 0) is 11.6 Å². The van der Waals surface area contributed by atoms with Crippen molar-refractivity contribution in [3.8, 4) is 0 Å². The molecule has 0 nitrogen and oxygen atoms in total. The van der Waals surface area contributed by atoms with Gasteiger partial charge >= 0.3 is 0 Å². The highest BCUT2D eigenvalue weighted by Gasteiger charge is 2.49. The fourth-order valence-corrected chi connectivity index (χ4v) is 2.19. The minimum Gasteiger partial charge on any atom is -0.235 e. The fraction of sp³-hybridized carbons (Fsp3) is 0.231. The first-order chi connectivity index (χ1) is 8.91. The zero-order valence-corrected chi connectivity index (χ0v) is 10.2. The van der Waals surface area contributed by atoms with Crippen molar-refractivity contribution in [2.75, 3.05) is 0 Å². The van der Waals surface area contributed by atoms with Gasteiger partial charge in [-0.1, -0.05) is 24.3 Å². The molecule has 0 aliphatic heterocycles. The molecule has 0 N–H and O–H groups in total. The highest BCUT2D eigenvalue weighted by molar-refractivity contribution is 6.17. The standard InChI is InChI=1S/C13H8ClF5/c14-6-7-3-1-2-4-8(7)13(19)5-9(15)10(16)11(17)12(13)18/h1-5,12H,6H2. The largest absolute Gasteiger partial charge is 0.235 e. The van der Waals surface area contributed by atoms with E-state index in [1.165, 1.54) is 18.2 Å². The molecule has 2 unspecified atom stereocenters. The SMILES string of the molecule is FC1=CC(F)(c2ccccc2CCl)C(F)C(F)=C1F. The molecule has 0 fully saturated rings. The number of rotatable bonds is 2. The normalized spacial score (nSPS) is 27.5. The average Bonchev–Trinajstić information content (AvgIpc) is 2.43. The number of halogens is 6. The van der Waals surface area contributed by atoms with Crippen molar-refractivity contribution in [3.05, 3.63) is 58.9 Å². The highest BCUT2D eigenvalue weighted by Crippen LogP contribution is 2.46. The first kappa shape index (κ1) is 14.1. The van der Waals surface area contributed by atoms with E-state index < -0.39 is 29.3 Å². The lowest BCUT2D eigenvalue weighted by atomic mass is 9.84. The summed E-state index contributed by atoms with van der Waals surface area (Å²) in [4.78, 5) is 0. The van der Waals surface area contributed by atoms with E-state index in [-0.39, 0.29) is 23.1 Å². The van der Waals surface area contributed by atoms with Crippen LogP contribution in [0.15, 0.2) is 47.8 Å². The molecule has 19 heavy (non-hydrogen) atoms. The quantitative estimate of drug-likeness (QED) is 0.535. The summed E-state index contributed by atoms with van der Waals surface area (Å²) in [5.41, 5.74) is -3.27. The van der Waals surface area contributed by atoms with E-state index >= 15 is 0 Å². The summed E-state index contributed by atoms with van der Waals surface area (Å²) in [6, 6.07) is 5.45. The maximum atomic E-state index is 14.6. The van der Waals surface area contributed by atoms with Crippen LogP contribution in [0.25, 0.3) is 0 Å². The topological polar surface area (TPSA) is 0 Å². The third kappa shape index (κ3) is 2.16. The van der Waals surface area contributed by atoms with Crippen molar-refractivity contribution in [1.82, 2.24) is 0 Å². The number of allylic oxidation sites excluding steroid dienone is 4. The van der Waals surface area contributed by atoms with Gasteiger partial charge in [0.05, 0.1) is 0 Å². The van der Waals surface area contributed by atoms with Crippen molar-refractivity contribution >= 4 is 11.6 Å². The summed E-state index contributed by atoms with van der Waals surface area (Å²) in [6.07, 6.45) is -2.85. The summed E-state index contributed by atoms with van der Waals surface area (Å²) < 4.78 is 67.6. The van der Waals surface area contributed by atoms with E-state index in [1.807, 2.05) is 0 Å². The third-order valence-corrected chi connectivity index (χ3v) is 3.21. The molecule has 1 aromatic carbocycles. The molecule has 0 spiro atoms. The second-order valence-electron chi connectivity index (χ2n) is 4.08. The zero-order chi connectivity index (χ0) is 14.2. The molecule has 0 aromatic heterocycles. The van der Waals surface area contributed by atoms with Crippen LogP contribution in [-0.4, -0.2) is 6.17 Å². The monoisotopic (exact) mass is 294 g/mol. The summed E-state index contributed by atoms with van der Waals surface area (Å²) in [6.45, 7) is 0. The predicted molar refractivity (Wildman–Crippen MR) is 62.1 cm³/mol. The molecule has 0 saturated heterocycles. The summed E-state index contributed by atoms with van der Waals surface area (Å²) in [5, 5.41) is 0. The van der Waals surface area contributed by atoms with E-state index in [1.54, 1.807) is 0 Å². The van der Waals surface area contributed by atoms with Gasteiger partial charge in [0.1, 0.15) is 0 Å². The second-order valence-corrected chi connectivity index (χ2v) is 4.34. The van der Waals surface area contributed by atoms with Crippen LogP contribution in [-0.2, 0) is 11.5 Å². The Labute approximate surface area is 111 Å². The molecular weight excluding hydrogens is 287 g/mol. The second kappa shape index (κ2) is 4.96. The molecule has 0 radical (unpaired) electrons. The van der Waals surface area contributed by atoms with Crippen molar-refractivity contribution < 1.29 is 22.0 Å². The summed E-state index contributed by atoms with van der Waals surface area (Å²) >= 11 is 5.58. The van der Waals surface area contributed by atoms with Crippen LogP contribution in [0, 0.1) is 0 Å². The molecule has 0 heterocycles.